The number of hydrogen-bond acceptors (Lipinski definition) is 4. The number of rotatable bonds is 6. The van der Waals surface area contributed by atoms with E-state index in [-0.39, 0.29) is 13.1 Å². The van der Waals surface area contributed by atoms with E-state index in [2.05, 4.69) is 14.5 Å². The van der Waals surface area contributed by atoms with Gasteiger partial charge >= 0.3 is 0 Å². The monoisotopic (exact) mass is 384 g/mol. The first kappa shape index (κ1) is 18.9. The molecule has 26 heavy (non-hydrogen) atoms. The average molecular weight is 384 g/mol. The Kier molecular flexibility index (Phi) is 5.69. The minimum absolute atomic E-state index is 0.253. The number of halogens is 2. The van der Waals surface area contributed by atoms with Gasteiger partial charge in [0.25, 0.3) is 0 Å². The van der Waals surface area contributed by atoms with E-state index >= 15 is 0 Å². The Labute approximate surface area is 152 Å². The van der Waals surface area contributed by atoms with Crippen molar-refractivity contribution in [1.29, 1.82) is 0 Å². The summed E-state index contributed by atoms with van der Waals surface area (Å²) in [5.74, 6) is -0.676. The van der Waals surface area contributed by atoms with Crippen LogP contribution in [0, 0.1) is 11.6 Å². The van der Waals surface area contributed by atoms with E-state index < -0.39 is 26.6 Å². The van der Waals surface area contributed by atoms with E-state index in [4.69, 9.17) is 0 Å². The molecule has 0 aliphatic carbocycles. The third-order valence-corrected chi connectivity index (χ3v) is 6.53. The van der Waals surface area contributed by atoms with Crippen LogP contribution < -0.4 is 0 Å². The number of aromatic nitrogens is 2. The molecule has 0 atom stereocenters. The van der Waals surface area contributed by atoms with Crippen LogP contribution in [0.2, 0.25) is 0 Å². The molecule has 0 radical (unpaired) electrons. The molecule has 0 bridgehead atoms. The molecule has 1 fully saturated rings. The molecule has 1 saturated heterocycles. The highest BCUT2D eigenvalue weighted by molar-refractivity contribution is 7.89. The Morgan fingerprint density at radius 1 is 1.12 bits per heavy atom. The second kappa shape index (κ2) is 7.81. The van der Waals surface area contributed by atoms with Gasteiger partial charge in [-0.3, -0.25) is 4.90 Å². The second-order valence-corrected chi connectivity index (χ2v) is 8.12. The zero-order valence-electron chi connectivity index (χ0n) is 14.6. The Morgan fingerprint density at radius 3 is 2.54 bits per heavy atom. The van der Waals surface area contributed by atoms with Gasteiger partial charge in [-0.15, -0.1) is 0 Å². The van der Waals surface area contributed by atoms with Crippen molar-refractivity contribution in [3.63, 3.8) is 0 Å². The standard InChI is InChI=1S/C17H22F2N4O2S/c1-2-17-20-5-6-22(17)10-7-21-8-11-23(12-9-21)26(24,25)16-13-14(18)3-4-15(16)19/h3-6,13H,2,7-12H2,1H3. The summed E-state index contributed by atoms with van der Waals surface area (Å²) in [6.45, 7) is 5.22. The van der Waals surface area contributed by atoms with Crippen molar-refractivity contribution in [2.24, 2.45) is 0 Å². The highest BCUT2D eigenvalue weighted by atomic mass is 32.2. The highest BCUT2D eigenvalue weighted by Crippen LogP contribution is 2.21. The number of sulfonamides is 1. The zero-order chi connectivity index (χ0) is 18.7. The molecule has 0 spiro atoms. The van der Waals surface area contributed by atoms with Gasteiger partial charge in [0.2, 0.25) is 10.0 Å². The van der Waals surface area contributed by atoms with E-state index in [1.54, 1.807) is 6.20 Å². The fourth-order valence-corrected chi connectivity index (χ4v) is 4.61. The van der Waals surface area contributed by atoms with Crippen molar-refractivity contribution in [2.45, 2.75) is 24.8 Å². The SMILES string of the molecule is CCc1nccn1CCN1CCN(S(=O)(=O)c2cc(F)ccc2F)CC1. The Morgan fingerprint density at radius 2 is 1.85 bits per heavy atom. The van der Waals surface area contributed by atoms with Crippen molar-refractivity contribution < 1.29 is 17.2 Å². The molecule has 9 heteroatoms. The van der Waals surface area contributed by atoms with Crippen LogP contribution in [0.25, 0.3) is 0 Å². The summed E-state index contributed by atoms with van der Waals surface area (Å²) >= 11 is 0. The minimum atomic E-state index is -4.03. The van der Waals surface area contributed by atoms with E-state index in [9.17, 15) is 17.2 Å². The van der Waals surface area contributed by atoms with Gasteiger partial charge in [0.15, 0.2) is 0 Å². The lowest BCUT2D eigenvalue weighted by Gasteiger charge is -2.34. The van der Waals surface area contributed by atoms with Gasteiger partial charge in [-0.2, -0.15) is 4.31 Å². The maximum absolute atomic E-state index is 13.9. The van der Waals surface area contributed by atoms with Crippen molar-refractivity contribution >= 4 is 10.0 Å². The molecule has 2 heterocycles. The van der Waals surface area contributed by atoms with Crippen LogP contribution >= 0.6 is 0 Å². The highest BCUT2D eigenvalue weighted by Gasteiger charge is 2.30. The van der Waals surface area contributed by atoms with Gasteiger partial charge in [0, 0.05) is 58.1 Å². The van der Waals surface area contributed by atoms with Gasteiger partial charge in [-0.1, -0.05) is 6.92 Å². The summed E-state index contributed by atoms with van der Waals surface area (Å²) in [4.78, 5) is 5.84. The Hall–Kier alpha value is -1.84. The number of piperazine rings is 1. The van der Waals surface area contributed by atoms with Crippen LogP contribution in [-0.2, 0) is 23.0 Å². The third kappa shape index (κ3) is 3.94. The van der Waals surface area contributed by atoms with E-state index in [1.165, 1.54) is 4.31 Å². The zero-order valence-corrected chi connectivity index (χ0v) is 15.4. The van der Waals surface area contributed by atoms with Crippen molar-refractivity contribution in [3.8, 4) is 0 Å². The maximum atomic E-state index is 13.9. The van der Waals surface area contributed by atoms with Gasteiger partial charge in [0.05, 0.1) is 0 Å². The van der Waals surface area contributed by atoms with E-state index in [0.717, 1.165) is 43.5 Å². The molecule has 0 amide bonds. The predicted octanol–water partition coefficient (Wildman–Crippen LogP) is 1.73. The van der Waals surface area contributed by atoms with Crippen LogP contribution in [0.4, 0.5) is 8.78 Å². The van der Waals surface area contributed by atoms with E-state index in [0.29, 0.717) is 13.1 Å². The van der Waals surface area contributed by atoms with Crippen molar-refractivity contribution in [1.82, 2.24) is 18.8 Å². The van der Waals surface area contributed by atoms with Crippen LogP contribution in [0.1, 0.15) is 12.7 Å². The van der Waals surface area contributed by atoms with Crippen LogP contribution in [0.5, 0.6) is 0 Å². The number of nitrogens with zero attached hydrogens (tertiary/aromatic N) is 4. The molecular weight excluding hydrogens is 362 g/mol. The Bertz CT molecular complexity index is 861. The second-order valence-electron chi connectivity index (χ2n) is 6.21. The fourth-order valence-electron chi connectivity index (χ4n) is 3.11. The predicted molar refractivity (Wildman–Crippen MR) is 93.2 cm³/mol. The molecule has 6 nitrogen and oxygen atoms in total. The number of aryl methyl sites for hydroxylation is 1. The summed E-state index contributed by atoms with van der Waals surface area (Å²) in [5.41, 5.74) is 0. The molecule has 0 unspecified atom stereocenters. The molecule has 1 aliphatic rings. The molecule has 1 aromatic heterocycles. The van der Waals surface area contributed by atoms with Crippen molar-refractivity contribution in [3.05, 3.63) is 48.1 Å². The molecule has 142 valence electrons. The molecule has 1 aromatic carbocycles. The lowest BCUT2D eigenvalue weighted by molar-refractivity contribution is 0.182. The van der Waals surface area contributed by atoms with Crippen LogP contribution in [-0.4, -0.2) is 59.9 Å². The van der Waals surface area contributed by atoms with Crippen molar-refractivity contribution in [2.75, 3.05) is 32.7 Å². The summed E-state index contributed by atoms with van der Waals surface area (Å²) < 4.78 is 55.7. The van der Waals surface area contributed by atoms with Gasteiger partial charge < -0.3 is 4.57 Å². The number of hydrogen-bond donors (Lipinski definition) is 0. The van der Waals surface area contributed by atoms with Gasteiger partial charge in [-0.05, 0) is 18.2 Å². The minimum Gasteiger partial charge on any atom is -0.334 e. The normalized spacial score (nSPS) is 16.9. The lowest BCUT2D eigenvalue weighted by Crippen LogP contribution is -2.49. The number of imidazole rings is 1. The van der Waals surface area contributed by atoms with Crippen LogP contribution in [0.3, 0.4) is 0 Å². The quantitative estimate of drug-likeness (QED) is 0.761. The fraction of sp³-hybridized carbons (Fsp3) is 0.471. The third-order valence-electron chi connectivity index (χ3n) is 4.62. The maximum Gasteiger partial charge on any atom is 0.246 e. The van der Waals surface area contributed by atoms with Gasteiger partial charge in [-0.25, -0.2) is 22.2 Å². The first-order valence-electron chi connectivity index (χ1n) is 8.59. The summed E-state index contributed by atoms with van der Waals surface area (Å²) in [6, 6.07) is 2.49. The Balaban J connectivity index is 1.60. The molecule has 0 saturated carbocycles. The topological polar surface area (TPSA) is 58.4 Å². The average Bonchev–Trinajstić information content (AvgIpc) is 3.10. The first-order chi connectivity index (χ1) is 12.4. The summed E-state index contributed by atoms with van der Waals surface area (Å²) in [5, 5.41) is 0. The van der Waals surface area contributed by atoms with Crippen LogP contribution in [0.15, 0.2) is 35.5 Å². The molecular formula is C17H22F2N4O2S. The first-order valence-corrected chi connectivity index (χ1v) is 10.0. The largest absolute Gasteiger partial charge is 0.334 e. The molecule has 0 N–H and O–H groups in total. The summed E-state index contributed by atoms with van der Waals surface area (Å²) in [7, 11) is -4.03. The molecule has 3 rings (SSSR count). The van der Waals surface area contributed by atoms with Gasteiger partial charge in [0.1, 0.15) is 22.4 Å². The van der Waals surface area contributed by atoms with E-state index in [1.807, 2.05) is 13.1 Å². The lowest BCUT2D eigenvalue weighted by atomic mass is 10.3. The number of benzene rings is 1. The molecule has 1 aliphatic heterocycles. The molecule has 2 aromatic rings. The summed E-state index contributed by atoms with van der Waals surface area (Å²) in [6.07, 6.45) is 4.57. The smallest absolute Gasteiger partial charge is 0.246 e.